The quantitative estimate of drug-likeness (QED) is 0.0131. The number of nitrogens with zero attached hydrogens (tertiary/aromatic N) is 4. The molecule has 0 radical (unpaired) electrons. The SMILES string of the molecule is CCOC(=O)/C=C/C(=O)N(CC(N)=O)NC(=O)C1CCCN1C(=O)C(CC)NC(=O)CCCCCNC(=O)CCCCC[N+]1=C(/C=C/C=C/C=C2/N(CC)c3ccc(S(=O)(=O)O)cc3C2(C)C)C(C)(C)c2cc(S(=O)(=O)O)ccc21. The zero-order valence-electron chi connectivity index (χ0n) is 46.7. The van der Waals surface area contributed by atoms with Crippen molar-refractivity contribution in [3.63, 3.8) is 0 Å². The van der Waals surface area contributed by atoms with Crippen LogP contribution in [-0.2, 0) is 69.4 Å². The minimum atomic E-state index is -4.47. The first kappa shape index (κ1) is 63.8. The van der Waals surface area contributed by atoms with Crippen molar-refractivity contribution < 1.29 is 68.8 Å². The van der Waals surface area contributed by atoms with E-state index in [1.165, 1.54) is 29.2 Å². The molecule has 80 heavy (non-hydrogen) atoms. The summed E-state index contributed by atoms with van der Waals surface area (Å²) in [5, 5.41) is 6.35. The molecule has 436 valence electrons. The van der Waals surface area contributed by atoms with E-state index in [1.54, 1.807) is 26.0 Å². The third-order valence-electron chi connectivity index (χ3n) is 14.4. The lowest BCUT2D eigenvalue weighted by molar-refractivity contribution is -0.438. The van der Waals surface area contributed by atoms with Gasteiger partial charge in [-0.15, -0.1) is 0 Å². The number of likely N-dealkylation sites (N-methyl/N-ethyl adjacent to an activating group) is 1. The summed E-state index contributed by atoms with van der Waals surface area (Å²) in [6.07, 6.45) is 16.5. The minimum Gasteiger partial charge on any atom is -0.463 e. The largest absolute Gasteiger partial charge is 0.463 e. The Morgan fingerprint density at radius 1 is 0.825 bits per heavy atom. The molecule has 0 aromatic heterocycles. The van der Waals surface area contributed by atoms with E-state index < -0.39 is 79.3 Å². The van der Waals surface area contributed by atoms with Gasteiger partial charge in [0.2, 0.25) is 29.3 Å². The molecule has 22 nitrogen and oxygen atoms in total. The van der Waals surface area contributed by atoms with Crippen molar-refractivity contribution in [2.75, 3.05) is 44.2 Å². The summed E-state index contributed by atoms with van der Waals surface area (Å²) in [4.78, 5) is 91.8. The molecule has 2 unspecified atom stereocenters. The van der Waals surface area contributed by atoms with Crippen LogP contribution in [0, 0.1) is 0 Å². The van der Waals surface area contributed by atoms with Crippen LogP contribution in [0.2, 0.25) is 0 Å². The number of likely N-dealkylation sites (tertiary alicyclic amines) is 1. The second-order valence-corrected chi connectivity index (χ2v) is 23.6. The molecule has 1 saturated heterocycles. The van der Waals surface area contributed by atoms with Crippen molar-refractivity contribution in [1.29, 1.82) is 0 Å². The van der Waals surface area contributed by atoms with Crippen LogP contribution in [0.15, 0.2) is 94.4 Å². The van der Waals surface area contributed by atoms with Gasteiger partial charge < -0.3 is 30.9 Å². The second kappa shape index (κ2) is 27.9. The average Bonchev–Trinajstić information content (AvgIpc) is 4.21. The molecule has 6 amide bonds. The topological polar surface area (TPSA) is 312 Å². The Morgan fingerprint density at radius 2 is 1.48 bits per heavy atom. The van der Waals surface area contributed by atoms with Crippen LogP contribution in [-0.4, -0.2) is 139 Å². The first-order chi connectivity index (χ1) is 37.7. The number of ether oxygens (including phenoxy) is 1. The van der Waals surface area contributed by atoms with Gasteiger partial charge in [0.25, 0.3) is 32.1 Å². The van der Waals surface area contributed by atoms with Crippen LogP contribution < -0.4 is 26.7 Å². The maximum absolute atomic E-state index is 13.6. The van der Waals surface area contributed by atoms with Gasteiger partial charge in [0, 0.05) is 85.6 Å². The van der Waals surface area contributed by atoms with Crippen molar-refractivity contribution in [3.05, 3.63) is 95.8 Å². The van der Waals surface area contributed by atoms with Crippen molar-refractivity contribution >= 4 is 78.7 Å². The lowest BCUT2D eigenvalue weighted by Gasteiger charge is -2.30. The summed E-state index contributed by atoms with van der Waals surface area (Å²) in [7, 11) is -8.86. The van der Waals surface area contributed by atoms with Crippen LogP contribution in [0.5, 0.6) is 0 Å². The monoisotopic (exact) mass is 1150 g/mol. The average molecular weight is 1150 g/mol. The number of hydrazine groups is 1. The number of primary amides is 1. The number of benzene rings is 2. The fourth-order valence-electron chi connectivity index (χ4n) is 10.3. The molecule has 0 spiro atoms. The fraction of sp³-hybridized carbons (Fsp3) is 0.500. The van der Waals surface area contributed by atoms with Gasteiger partial charge in [-0.05, 0) is 115 Å². The minimum absolute atomic E-state index is 0.0712. The number of esters is 1. The van der Waals surface area contributed by atoms with Crippen molar-refractivity contribution in [2.24, 2.45) is 5.73 Å². The van der Waals surface area contributed by atoms with Gasteiger partial charge in [-0.2, -0.15) is 21.4 Å². The molecule has 0 bridgehead atoms. The number of fused-ring (bicyclic) bond motifs is 2. The van der Waals surface area contributed by atoms with E-state index in [2.05, 4.69) is 25.5 Å². The number of hydrogen-bond acceptors (Lipinski definition) is 13. The van der Waals surface area contributed by atoms with Crippen LogP contribution in [0.4, 0.5) is 11.4 Å². The maximum Gasteiger partial charge on any atom is 0.330 e. The number of nitrogens with one attached hydrogen (secondary N) is 3. The first-order valence-corrected chi connectivity index (χ1v) is 29.9. The molecule has 3 aliphatic rings. The Kier molecular flexibility index (Phi) is 22.3. The Morgan fingerprint density at radius 3 is 2.11 bits per heavy atom. The van der Waals surface area contributed by atoms with Gasteiger partial charge in [0.15, 0.2) is 5.71 Å². The number of unbranched alkanes of at least 4 members (excludes halogenated alkanes) is 4. The van der Waals surface area contributed by atoms with Crippen molar-refractivity contribution in [2.45, 2.75) is 152 Å². The Balaban J connectivity index is 1.08. The molecule has 2 aromatic carbocycles. The summed E-state index contributed by atoms with van der Waals surface area (Å²) in [5.74, 6) is -4.32. The van der Waals surface area contributed by atoms with Crippen LogP contribution in [0.1, 0.15) is 130 Å². The summed E-state index contributed by atoms with van der Waals surface area (Å²) >= 11 is 0. The molecule has 2 atom stereocenters. The summed E-state index contributed by atoms with van der Waals surface area (Å²) < 4.78 is 74.8. The van der Waals surface area contributed by atoms with Gasteiger partial charge in [-0.3, -0.25) is 43.3 Å². The van der Waals surface area contributed by atoms with Crippen LogP contribution >= 0.6 is 0 Å². The number of amides is 6. The van der Waals surface area contributed by atoms with E-state index >= 15 is 0 Å². The number of rotatable bonds is 27. The lowest BCUT2D eigenvalue weighted by Crippen LogP contribution is -2.57. The van der Waals surface area contributed by atoms with E-state index in [9.17, 15) is 59.5 Å². The number of anilines is 1. The van der Waals surface area contributed by atoms with Gasteiger partial charge in [-0.1, -0.05) is 45.4 Å². The molecular weight excluding hydrogens is 1070 g/mol. The summed E-state index contributed by atoms with van der Waals surface area (Å²) in [5.41, 5.74) is 11.4. The third-order valence-corrected chi connectivity index (χ3v) is 16.1. The summed E-state index contributed by atoms with van der Waals surface area (Å²) in [6.45, 7) is 14.5. The van der Waals surface area contributed by atoms with E-state index in [0.717, 1.165) is 52.5 Å². The van der Waals surface area contributed by atoms with Gasteiger partial charge in [0.05, 0.1) is 21.8 Å². The Bertz CT molecular complexity index is 3070. The highest BCUT2D eigenvalue weighted by molar-refractivity contribution is 7.86. The van der Waals surface area contributed by atoms with Crippen LogP contribution in [0.25, 0.3) is 0 Å². The normalized spacial score (nSPS) is 17.5. The zero-order chi connectivity index (χ0) is 59.2. The molecule has 3 heterocycles. The van der Waals surface area contributed by atoms with Crippen molar-refractivity contribution in [3.8, 4) is 0 Å². The molecule has 0 aliphatic carbocycles. The summed E-state index contributed by atoms with van der Waals surface area (Å²) in [6, 6.07) is 7.28. The number of carbonyl (C=O) groups excluding carboxylic acids is 7. The molecule has 3 aliphatic heterocycles. The highest BCUT2D eigenvalue weighted by Gasteiger charge is 2.45. The number of allylic oxidation sites excluding steroid dienone is 6. The molecule has 24 heteroatoms. The van der Waals surface area contributed by atoms with Crippen LogP contribution in [0.3, 0.4) is 0 Å². The highest BCUT2D eigenvalue weighted by atomic mass is 32.2. The van der Waals surface area contributed by atoms with Gasteiger partial charge in [-0.25, -0.2) is 9.80 Å². The number of carbonyl (C=O) groups is 7. The molecule has 5 rings (SSSR count). The van der Waals surface area contributed by atoms with Crippen molar-refractivity contribution in [1.82, 2.24) is 26.0 Å². The smallest absolute Gasteiger partial charge is 0.330 e. The zero-order valence-corrected chi connectivity index (χ0v) is 48.3. The molecule has 0 saturated carbocycles. The predicted octanol–water partition coefficient (Wildman–Crippen LogP) is 4.96. The Hall–Kier alpha value is -7.02. The number of nitrogens with two attached hydrogens (primary N) is 1. The lowest BCUT2D eigenvalue weighted by atomic mass is 9.81. The van der Waals surface area contributed by atoms with E-state index in [4.69, 9.17) is 10.5 Å². The molecular formula is C56H77N8O14S2+. The van der Waals surface area contributed by atoms with E-state index in [0.29, 0.717) is 69.6 Å². The van der Waals surface area contributed by atoms with Gasteiger partial charge >= 0.3 is 5.97 Å². The van der Waals surface area contributed by atoms with Gasteiger partial charge in [0.1, 0.15) is 25.2 Å². The molecule has 2 aromatic rings. The predicted molar refractivity (Wildman–Crippen MR) is 299 cm³/mol. The maximum atomic E-state index is 13.6. The molecule has 7 N–H and O–H groups in total. The molecule has 1 fully saturated rings. The first-order valence-electron chi connectivity index (χ1n) is 27.0. The van der Waals surface area contributed by atoms with E-state index in [-0.39, 0.29) is 54.0 Å². The Labute approximate surface area is 469 Å². The second-order valence-electron chi connectivity index (χ2n) is 20.8. The third kappa shape index (κ3) is 16.3. The standard InChI is InChI=1S/C56H76N8O14S2/c1-8-42(54(71)63-34-20-21-45(63)53(70)60-64(37-48(57)65)51(68)30-31-52(69)78-10-3)59-50(67)25-16-12-18-32-58-49(66)24-17-13-19-33-62-44-29-27-39(80(75,76)77)36-41(44)56(6,7)47(62)23-15-11-14-22-46-55(4,5)40-35-38(79(72,73)74)26-28-43(40)61(46)9-2/h11,14-15,22-23,26-31,35-36,42,45H,8-10,12-13,16-21,24-25,32-34,37H2,1-7H3,(H6-,57,58,59,60,65,66,67,70,72,73,74,75,76,77)/p+1/b31-30+. The van der Waals surface area contributed by atoms with E-state index in [1.807, 2.05) is 65.0 Å². The highest BCUT2D eigenvalue weighted by Crippen LogP contribution is 2.48. The number of hydrogen-bond donors (Lipinski definition) is 6. The fourth-order valence-corrected chi connectivity index (χ4v) is 11.3.